The molecule has 0 N–H and O–H groups in total. The molecule has 3 heterocycles. The van der Waals surface area contributed by atoms with E-state index >= 15 is 0 Å². The van der Waals surface area contributed by atoms with Crippen LogP contribution in [-0.2, 0) is 15.0 Å². The second-order valence-corrected chi connectivity index (χ2v) is 7.66. The van der Waals surface area contributed by atoms with Gasteiger partial charge in [-0.25, -0.2) is 0 Å². The van der Waals surface area contributed by atoms with Gasteiger partial charge in [0, 0.05) is 33.0 Å². The zero-order chi connectivity index (χ0) is 18.7. The summed E-state index contributed by atoms with van der Waals surface area (Å²) in [5.74, 6) is -0.0677. The number of pyridine rings is 1. The van der Waals surface area contributed by atoms with E-state index in [-0.39, 0.29) is 22.6 Å². The minimum atomic E-state index is -0.379. The number of aromatic nitrogens is 1. The van der Waals surface area contributed by atoms with Gasteiger partial charge in [0.1, 0.15) is 0 Å². The quantitative estimate of drug-likeness (QED) is 0.621. The van der Waals surface area contributed by atoms with Gasteiger partial charge in [-0.2, -0.15) is 0 Å². The van der Waals surface area contributed by atoms with E-state index in [0.29, 0.717) is 49.7 Å². The highest BCUT2D eigenvalue weighted by Crippen LogP contribution is 2.37. The van der Waals surface area contributed by atoms with Gasteiger partial charge in [0.2, 0.25) is 5.43 Å². The molecule has 0 radical (unpaired) electrons. The molecular formula is C18H25BrN2O5. The van der Waals surface area contributed by atoms with E-state index in [1.165, 1.54) is 0 Å². The van der Waals surface area contributed by atoms with E-state index in [0.717, 1.165) is 19.3 Å². The smallest absolute Gasteiger partial charge is 0.274 e. The third kappa shape index (κ3) is 3.42. The van der Waals surface area contributed by atoms with Crippen molar-refractivity contribution in [3.63, 3.8) is 0 Å². The van der Waals surface area contributed by atoms with Crippen molar-refractivity contribution in [2.75, 3.05) is 46.6 Å². The first kappa shape index (κ1) is 19.4. The Bertz CT molecular complexity index is 727. The van der Waals surface area contributed by atoms with Gasteiger partial charge in [-0.3, -0.25) is 9.59 Å². The van der Waals surface area contributed by atoms with Crippen molar-refractivity contribution in [1.29, 1.82) is 0 Å². The zero-order valence-electron chi connectivity index (χ0n) is 15.3. The van der Waals surface area contributed by atoms with E-state index in [4.69, 9.17) is 14.2 Å². The SMILES string of the molecule is CCCCOc1c2n(cc(Br)c1=O)C1(CCOC1)CN(CCOC)C2=O. The van der Waals surface area contributed by atoms with Gasteiger partial charge in [-0.1, -0.05) is 13.3 Å². The predicted octanol–water partition coefficient (Wildman–Crippen LogP) is 2.01. The maximum absolute atomic E-state index is 13.2. The fourth-order valence-electron chi connectivity index (χ4n) is 3.53. The normalized spacial score (nSPS) is 22.1. The van der Waals surface area contributed by atoms with Crippen molar-refractivity contribution >= 4 is 21.8 Å². The van der Waals surface area contributed by atoms with Crippen LogP contribution in [0.2, 0.25) is 0 Å². The zero-order valence-corrected chi connectivity index (χ0v) is 16.8. The van der Waals surface area contributed by atoms with Gasteiger partial charge in [-0.15, -0.1) is 0 Å². The molecule has 26 heavy (non-hydrogen) atoms. The van der Waals surface area contributed by atoms with Crippen molar-refractivity contribution in [2.24, 2.45) is 0 Å². The highest BCUT2D eigenvalue weighted by Gasteiger charge is 2.47. The number of fused-ring (bicyclic) bond motifs is 2. The Hall–Kier alpha value is -1.38. The average molecular weight is 429 g/mol. The van der Waals surface area contributed by atoms with E-state index in [1.807, 2.05) is 4.57 Å². The fourth-order valence-corrected chi connectivity index (χ4v) is 3.92. The van der Waals surface area contributed by atoms with Gasteiger partial charge < -0.3 is 23.7 Å². The lowest BCUT2D eigenvalue weighted by molar-refractivity contribution is 0.0422. The molecule has 1 aromatic heterocycles. The first-order chi connectivity index (χ1) is 12.5. The second kappa shape index (κ2) is 8.10. The minimum Gasteiger partial charge on any atom is -0.487 e. The maximum Gasteiger partial charge on any atom is 0.274 e. The molecule has 1 amide bonds. The van der Waals surface area contributed by atoms with Crippen LogP contribution >= 0.6 is 15.9 Å². The summed E-state index contributed by atoms with van der Waals surface area (Å²) in [5, 5.41) is 0. The molecule has 8 heteroatoms. The number of carbonyl (C=O) groups is 1. The summed E-state index contributed by atoms with van der Waals surface area (Å²) < 4.78 is 18.9. The van der Waals surface area contributed by atoms with E-state index in [1.54, 1.807) is 18.2 Å². The van der Waals surface area contributed by atoms with Gasteiger partial charge in [0.05, 0.1) is 29.8 Å². The van der Waals surface area contributed by atoms with Crippen LogP contribution in [0.1, 0.15) is 36.7 Å². The molecule has 144 valence electrons. The number of methoxy groups -OCH3 is 1. The van der Waals surface area contributed by atoms with E-state index < -0.39 is 0 Å². The lowest BCUT2D eigenvalue weighted by atomic mass is 9.93. The molecule has 1 saturated heterocycles. The van der Waals surface area contributed by atoms with Crippen LogP contribution in [0.15, 0.2) is 15.5 Å². The Balaban J connectivity index is 2.11. The van der Waals surface area contributed by atoms with Crippen molar-refractivity contribution in [3.8, 4) is 5.75 Å². The summed E-state index contributed by atoms with van der Waals surface area (Å²) in [4.78, 5) is 27.6. The van der Waals surface area contributed by atoms with Crippen LogP contribution in [0, 0.1) is 0 Å². The van der Waals surface area contributed by atoms with Crippen LogP contribution in [0.4, 0.5) is 0 Å². The number of unbranched alkanes of at least 4 members (excludes halogenated alkanes) is 1. The number of carbonyl (C=O) groups excluding carboxylic acids is 1. The number of ether oxygens (including phenoxy) is 3. The summed E-state index contributed by atoms with van der Waals surface area (Å²) >= 11 is 3.34. The molecule has 3 rings (SSSR count). The molecule has 1 aromatic rings. The Labute approximate surface area is 161 Å². The molecule has 0 bridgehead atoms. The first-order valence-electron chi connectivity index (χ1n) is 8.98. The standard InChI is InChI=1S/C18H25BrN2O5/c1-3-4-7-26-16-14-17(23)20(6-9-24-2)11-18(5-8-25-12-18)21(14)10-13(19)15(16)22/h10H,3-9,11-12H2,1-2H3. The molecule has 1 unspecified atom stereocenters. The molecular weight excluding hydrogens is 404 g/mol. The summed E-state index contributed by atoms with van der Waals surface area (Å²) in [7, 11) is 1.61. The Kier molecular flexibility index (Phi) is 6.04. The van der Waals surface area contributed by atoms with Crippen LogP contribution in [0.5, 0.6) is 5.75 Å². The van der Waals surface area contributed by atoms with Crippen molar-refractivity contribution in [2.45, 2.75) is 31.7 Å². The van der Waals surface area contributed by atoms with Crippen LogP contribution < -0.4 is 10.2 Å². The second-order valence-electron chi connectivity index (χ2n) is 6.80. The van der Waals surface area contributed by atoms with Gasteiger partial charge in [0.25, 0.3) is 5.91 Å². The van der Waals surface area contributed by atoms with Crippen LogP contribution in [-0.4, -0.2) is 62.0 Å². The maximum atomic E-state index is 13.2. The van der Waals surface area contributed by atoms with Crippen LogP contribution in [0.25, 0.3) is 0 Å². The summed E-state index contributed by atoms with van der Waals surface area (Å²) in [6.45, 7) is 5.03. The lowest BCUT2D eigenvalue weighted by Gasteiger charge is -2.43. The number of amides is 1. The first-order valence-corrected chi connectivity index (χ1v) is 9.78. The molecule has 7 nitrogen and oxygen atoms in total. The topological polar surface area (TPSA) is 70.0 Å². The number of hydrogen-bond donors (Lipinski definition) is 0. The molecule has 2 aliphatic heterocycles. The third-order valence-corrected chi connectivity index (χ3v) is 5.56. The molecule has 0 saturated carbocycles. The predicted molar refractivity (Wildman–Crippen MR) is 100.0 cm³/mol. The van der Waals surface area contributed by atoms with E-state index in [9.17, 15) is 9.59 Å². The molecule has 2 aliphatic rings. The lowest BCUT2D eigenvalue weighted by Crippen LogP contribution is -2.55. The molecule has 1 fully saturated rings. The molecule has 0 aromatic carbocycles. The van der Waals surface area contributed by atoms with Crippen molar-refractivity contribution < 1.29 is 19.0 Å². The highest BCUT2D eigenvalue weighted by molar-refractivity contribution is 9.10. The van der Waals surface area contributed by atoms with Gasteiger partial charge in [-0.05, 0) is 28.8 Å². The molecule has 0 aliphatic carbocycles. The van der Waals surface area contributed by atoms with E-state index in [2.05, 4.69) is 22.9 Å². The Morgan fingerprint density at radius 2 is 2.15 bits per heavy atom. The highest BCUT2D eigenvalue weighted by atomic mass is 79.9. The number of nitrogens with zero attached hydrogens (tertiary/aromatic N) is 2. The minimum absolute atomic E-state index is 0.131. The number of rotatable bonds is 7. The fraction of sp³-hybridized carbons (Fsp3) is 0.667. The average Bonchev–Trinajstić information content (AvgIpc) is 3.10. The van der Waals surface area contributed by atoms with Crippen molar-refractivity contribution in [1.82, 2.24) is 9.47 Å². The van der Waals surface area contributed by atoms with Crippen molar-refractivity contribution in [3.05, 3.63) is 26.6 Å². The third-order valence-electron chi connectivity index (χ3n) is 5.00. The van der Waals surface area contributed by atoms with Crippen LogP contribution in [0.3, 0.4) is 0 Å². The van der Waals surface area contributed by atoms with Gasteiger partial charge in [0.15, 0.2) is 11.4 Å². The van der Waals surface area contributed by atoms with Gasteiger partial charge >= 0.3 is 0 Å². The summed E-state index contributed by atoms with van der Waals surface area (Å²) in [6, 6.07) is 0. The largest absolute Gasteiger partial charge is 0.487 e. The summed E-state index contributed by atoms with van der Waals surface area (Å²) in [5.41, 5.74) is -0.346. The number of hydrogen-bond acceptors (Lipinski definition) is 5. The summed E-state index contributed by atoms with van der Waals surface area (Å²) in [6.07, 6.45) is 4.26. The Morgan fingerprint density at radius 3 is 2.81 bits per heavy atom. The number of halogens is 1. The Morgan fingerprint density at radius 1 is 1.35 bits per heavy atom. The monoisotopic (exact) mass is 428 g/mol. The molecule has 1 atom stereocenters. The molecule has 1 spiro atoms.